The molecule has 0 saturated carbocycles. The maximum atomic E-state index is 12.5. The van der Waals surface area contributed by atoms with Crippen LogP contribution in [0.4, 0.5) is 11.4 Å². The third-order valence-corrected chi connectivity index (χ3v) is 8.41. The highest BCUT2D eigenvalue weighted by Crippen LogP contribution is 2.39. The van der Waals surface area contributed by atoms with Crippen LogP contribution in [0.5, 0.6) is 0 Å². The number of thiazole rings is 1. The predicted octanol–water partition coefficient (Wildman–Crippen LogP) is 6.60. The molecule has 0 unspecified atom stereocenters. The van der Waals surface area contributed by atoms with Crippen molar-refractivity contribution in [3.05, 3.63) is 91.8 Å². The van der Waals surface area contributed by atoms with Crippen molar-refractivity contribution < 1.29 is 19.6 Å². The summed E-state index contributed by atoms with van der Waals surface area (Å²) < 4.78 is 1.68. The molecule has 37 heavy (non-hydrogen) atoms. The van der Waals surface area contributed by atoms with E-state index in [1.165, 1.54) is 53.4 Å². The molecule has 0 aliphatic carbocycles. The maximum absolute atomic E-state index is 12.5. The lowest BCUT2D eigenvalue weighted by Crippen LogP contribution is -2.19. The van der Waals surface area contributed by atoms with Crippen LogP contribution in [0.3, 0.4) is 0 Å². The summed E-state index contributed by atoms with van der Waals surface area (Å²) in [7, 11) is 0. The fourth-order valence-electron chi connectivity index (χ4n) is 3.34. The van der Waals surface area contributed by atoms with E-state index in [-0.39, 0.29) is 26.3 Å². The van der Waals surface area contributed by atoms with Gasteiger partial charge in [-0.25, -0.2) is 14.8 Å². The first kappa shape index (κ1) is 25.0. The number of nitro benzene ring substituents is 1. The van der Waals surface area contributed by atoms with E-state index in [1.54, 1.807) is 12.1 Å². The number of thioether (sulfide) groups is 1. The van der Waals surface area contributed by atoms with Gasteiger partial charge in [0, 0.05) is 6.07 Å². The zero-order valence-electron chi connectivity index (χ0n) is 18.4. The van der Waals surface area contributed by atoms with Crippen LogP contribution in [-0.4, -0.2) is 32.1 Å². The number of halogens is 1. The van der Waals surface area contributed by atoms with Gasteiger partial charge in [-0.05, 0) is 59.8 Å². The number of carbonyl (C=O) groups excluding carboxylic acids is 1. The highest BCUT2D eigenvalue weighted by Gasteiger charge is 2.25. The molecule has 1 saturated heterocycles. The molecule has 5 rings (SSSR count). The largest absolute Gasteiger partial charge is 0.478 e. The summed E-state index contributed by atoms with van der Waals surface area (Å²) in [4.78, 5) is 44.6. The smallest absolute Gasteiger partial charge is 0.337 e. The van der Waals surface area contributed by atoms with E-state index in [2.05, 4.69) is 15.3 Å². The van der Waals surface area contributed by atoms with Crippen molar-refractivity contribution in [1.29, 1.82) is 0 Å². The Morgan fingerprint density at radius 3 is 2.76 bits per heavy atom. The number of amides is 1. The minimum Gasteiger partial charge on any atom is -0.478 e. The predicted molar refractivity (Wildman–Crippen MR) is 146 cm³/mol. The zero-order valence-corrected chi connectivity index (χ0v) is 21.6. The molecule has 1 aliphatic heterocycles. The molecule has 2 N–H and O–H groups in total. The molecule has 1 fully saturated rings. The SMILES string of the molecule is O=C1NC(=Nc2ccc(Cl)c(C(=O)O)c2)S/C1=C\c1ccc(Sc2nc3ccccc3s2)c([N+](=O)[O-])c1. The monoisotopic (exact) mass is 568 g/mol. The van der Waals surface area contributed by atoms with Crippen molar-refractivity contribution >= 4 is 91.2 Å². The van der Waals surface area contributed by atoms with Crippen molar-refractivity contribution in [2.24, 2.45) is 4.99 Å². The Hall–Kier alpha value is -3.71. The zero-order chi connectivity index (χ0) is 26.1. The van der Waals surface area contributed by atoms with E-state index in [0.717, 1.165) is 22.0 Å². The quantitative estimate of drug-likeness (QED) is 0.151. The minimum absolute atomic E-state index is 0.0754. The Bertz CT molecular complexity index is 1630. The molecule has 13 heteroatoms. The Morgan fingerprint density at radius 2 is 2.00 bits per heavy atom. The highest BCUT2D eigenvalue weighted by molar-refractivity contribution is 8.18. The fraction of sp³-hybridized carbons (Fsp3) is 0. The van der Waals surface area contributed by atoms with Crippen LogP contribution in [0.15, 0.2) is 79.8 Å². The summed E-state index contributed by atoms with van der Waals surface area (Å²) >= 11 is 9.60. The van der Waals surface area contributed by atoms with Crippen molar-refractivity contribution in [3.8, 4) is 0 Å². The standard InChI is InChI=1S/C24H13ClN4O5S3/c25-15-7-6-13(11-14(15)22(31)32)26-23-28-21(30)20(35-23)10-12-5-8-19(17(9-12)29(33)34)37-24-27-16-3-1-2-4-18(16)36-24/h1-11H,(H,31,32)(H,26,28,30)/b20-10-. The van der Waals surface area contributed by atoms with Gasteiger partial charge in [0.05, 0.1) is 41.2 Å². The molecule has 1 amide bonds. The molecule has 0 bridgehead atoms. The van der Waals surface area contributed by atoms with Gasteiger partial charge in [0.15, 0.2) is 9.51 Å². The van der Waals surface area contributed by atoms with Gasteiger partial charge < -0.3 is 10.4 Å². The van der Waals surface area contributed by atoms with Crippen LogP contribution in [0.25, 0.3) is 16.3 Å². The molecule has 4 aromatic rings. The van der Waals surface area contributed by atoms with Gasteiger partial charge in [0.2, 0.25) is 0 Å². The van der Waals surface area contributed by atoms with E-state index < -0.39 is 16.8 Å². The van der Waals surface area contributed by atoms with E-state index >= 15 is 0 Å². The number of nitrogens with one attached hydrogen (secondary N) is 1. The Balaban J connectivity index is 1.39. The summed E-state index contributed by atoms with van der Waals surface area (Å²) in [5, 5.41) is 23.9. The second-order valence-electron chi connectivity index (χ2n) is 7.48. The minimum atomic E-state index is -1.19. The second kappa shape index (κ2) is 10.3. The van der Waals surface area contributed by atoms with E-state index in [0.29, 0.717) is 20.5 Å². The number of nitrogens with zero attached hydrogens (tertiary/aromatic N) is 3. The van der Waals surface area contributed by atoms with Crippen LogP contribution in [0.1, 0.15) is 15.9 Å². The second-order valence-corrected chi connectivity index (χ2v) is 11.2. The van der Waals surface area contributed by atoms with Crippen molar-refractivity contribution in [2.75, 3.05) is 0 Å². The average molecular weight is 569 g/mol. The van der Waals surface area contributed by atoms with Crippen molar-refractivity contribution in [3.63, 3.8) is 0 Å². The molecule has 1 aromatic heterocycles. The molecule has 0 atom stereocenters. The molecular weight excluding hydrogens is 556 g/mol. The van der Waals surface area contributed by atoms with Gasteiger partial charge in [0.25, 0.3) is 11.6 Å². The number of hydrogen-bond donors (Lipinski definition) is 2. The molecule has 184 valence electrons. The Kier molecular flexibility index (Phi) is 6.98. The number of carboxylic acids is 1. The Labute approximate surface area is 226 Å². The van der Waals surface area contributed by atoms with Crippen molar-refractivity contribution in [2.45, 2.75) is 9.24 Å². The highest BCUT2D eigenvalue weighted by atomic mass is 35.5. The number of amidine groups is 1. The number of nitro groups is 1. The summed E-state index contributed by atoms with van der Waals surface area (Å²) in [5.74, 6) is -1.62. The first-order chi connectivity index (χ1) is 17.8. The van der Waals surface area contributed by atoms with Crippen LogP contribution >= 0.6 is 46.5 Å². The van der Waals surface area contributed by atoms with Crippen LogP contribution in [0, 0.1) is 10.1 Å². The van der Waals surface area contributed by atoms with Gasteiger partial charge in [-0.3, -0.25) is 14.9 Å². The van der Waals surface area contributed by atoms with E-state index in [4.69, 9.17) is 11.6 Å². The number of carboxylic acid groups (broad SMARTS) is 1. The number of fused-ring (bicyclic) bond motifs is 1. The lowest BCUT2D eigenvalue weighted by molar-refractivity contribution is -0.387. The maximum Gasteiger partial charge on any atom is 0.337 e. The Morgan fingerprint density at radius 1 is 1.19 bits per heavy atom. The molecule has 2 heterocycles. The summed E-state index contributed by atoms with van der Waals surface area (Å²) in [5.41, 5.74) is 1.40. The number of aliphatic imine (C=N–C) groups is 1. The molecule has 0 spiro atoms. The molecule has 1 aliphatic rings. The van der Waals surface area contributed by atoms with Gasteiger partial charge in [-0.15, -0.1) is 11.3 Å². The normalized spacial score (nSPS) is 15.4. The van der Waals surface area contributed by atoms with Gasteiger partial charge in [0.1, 0.15) is 0 Å². The summed E-state index contributed by atoms with van der Waals surface area (Å²) in [6.45, 7) is 0. The topological polar surface area (TPSA) is 135 Å². The molecule has 0 radical (unpaired) electrons. The lowest BCUT2D eigenvalue weighted by Gasteiger charge is -2.02. The lowest BCUT2D eigenvalue weighted by atomic mass is 10.2. The fourth-order valence-corrected chi connectivity index (χ4v) is 6.49. The number of carbonyl (C=O) groups is 2. The van der Waals surface area contributed by atoms with E-state index in [1.807, 2.05) is 24.3 Å². The van der Waals surface area contributed by atoms with Crippen LogP contribution < -0.4 is 5.32 Å². The number of para-hydroxylation sites is 1. The number of aromatic carboxylic acids is 1. The number of benzene rings is 3. The summed E-state index contributed by atoms with van der Waals surface area (Å²) in [6, 6.07) is 16.6. The average Bonchev–Trinajstić information content (AvgIpc) is 3.42. The van der Waals surface area contributed by atoms with Gasteiger partial charge in [-0.1, -0.05) is 41.6 Å². The first-order valence-corrected chi connectivity index (χ1v) is 13.2. The van der Waals surface area contributed by atoms with Crippen LogP contribution in [-0.2, 0) is 4.79 Å². The first-order valence-electron chi connectivity index (χ1n) is 10.4. The number of aromatic nitrogens is 1. The van der Waals surface area contributed by atoms with Crippen molar-refractivity contribution in [1.82, 2.24) is 10.3 Å². The molecule has 3 aromatic carbocycles. The summed E-state index contributed by atoms with van der Waals surface area (Å²) in [6.07, 6.45) is 1.53. The van der Waals surface area contributed by atoms with Gasteiger partial charge in [-0.2, -0.15) is 0 Å². The van der Waals surface area contributed by atoms with E-state index in [9.17, 15) is 24.8 Å². The third-order valence-electron chi connectivity index (χ3n) is 5.01. The third kappa shape index (κ3) is 5.52. The number of rotatable bonds is 6. The van der Waals surface area contributed by atoms with Gasteiger partial charge >= 0.3 is 5.97 Å². The molecule has 9 nitrogen and oxygen atoms in total. The number of hydrogen-bond acceptors (Lipinski definition) is 9. The van der Waals surface area contributed by atoms with Crippen LogP contribution in [0.2, 0.25) is 5.02 Å². The molecular formula is C24H13ClN4O5S3.